The van der Waals surface area contributed by atoms with Gasteiger partial charge in [-0.05, 0) is 24.3 Å². The SMILES string of the molecule is O=P(O)(O)O.O=P(O)(O)O.Oc1ccccc1.Oc1ccccc1. The first-order valence-corrected chi connectivity index (χ1v) is 8.96. The molecule has 0 atom stereocenters. The number of rotatable bonds is 0. The van der Waals surface area contributed by atoms with E-state index in [2.05, 4.69) is 0 Å². The summed E-state index contributed by atoms with van der Waals surface area (Å²) < 4.78 is 17.8. The van der Waals surface area contributed by atoms with Gasteiger partial charge in [0.05, 0.1) is 0 Å². The van der Waals surface area contributed by atoms with Gasteiger partial charge in [0.1, 0.15) is 11.5 Å². The number of para-hydroxylation sites is 2. The van der Waals surface area contributed by atoms with Crippen LogP contribution in [0.3, 0.4) is 0 Å². The van der Waals surface area contributed by atoms with Crippen molar-refractivity contribution in [2.75, 3.05) is 0 Å². The van der Waals surface area contributed by atoms with Crippen molar-refractivity contribution in [1.82, 2.24) is 0 Å². The molecule has 0 aromatic heterocycles. The highest BCUT2D eigenvalue weighted by Crippen LogP contribution is 2.26. The van der Waals surface area contributed by atoms with E-state index in [1.165, 1.54) is 0 Å². The summed E-state index contributed by atoms with van der Waals surface area (Å²) in [7, 11) is -9.28. The van der Waals surface area contributed by atoms with Gasteiger partial charge in [-0.1, -0.05) is 36.4 Å². The molecule has 0 saturated carbocycles. The molecule has 0 spiro atoms. The molecule has 24 heavy (non-hydrogen) atoms. The van der Waals surface area contributed by atoms with Crippen LogP contribution in [0.1, 0.15) is 0 Å². The largest absolute Gasteiger partial charge is 0.508 e. The molecule has 0 aliphatic rings. The minimum atomic E-state index is -4.64. The third kappa shape index (κ3) is 37.0. The van der Waals surface area contributed by atoms with Crippen LogP contribution in [-0.4, -0.2) is 39.6 Å². The fourth-order valence-corrected chi connectivity index (χ4v) is 0.856. The van der Waals surface area contributed by atoms with Crippen molar-refractivity contribution in [2.45, 2.75) is 0 Å². The Kier molecular flexibility index (Phi) is 12.9. The van der Waals surface area contributed by atoms with Gasteiger partial charge in [-0.15, -0.1) is 0 Å². The first-order chi connectivity index (χ1) is 10.8. The Balaban J connectivity index is 0. The standard InChI is InChI=1S/2C6H6O.2H3O4P/c2*7-6-4-2-1-3-5-6;2*1-5(2,3)4/h2*1-5,7H;2*(H3,1,2,3,4). The van der Waals surface area contributed by atoms with E-state index in [0.29, 0.717) is 11.5 Å². The van der Waals surface area contributed by atoms with Crippen LogP contribution in [0, 0.1) is 0 Å². The lowest BCUT2D eigenvalue weighted by atomic mass is 10.3. The molecule has 12 heteroatoms. The van der Waals surface area contributed by atoms with Crippen molar-refractivity contribution < 1.29 is 48.7 Å². The number of phenols is 2. The number of benzene rings is 2. The van der Waals surface area contributed by atoms with Crippen molar-refractivity contribution in [1.29, 1.82) is 0 Å². The van der Waals surface area contributed by atoms with Crippen LogP contribution in [-0.2, 0) is 9.13 Å². The summed E-state index contributed by atoms with van der Waals surface area (Å²) in [6.07, 6.45) is 0. The van der Waals surface area contributed by atoms with Gasteiger partial charge in [0.15, 0.2) is 0 Å². The fourth-order valence-electron chi connectivity index (χ4n) is 0.856. The van der Waals surface area contributed by atoms with Crippen LogP contribution >= 0.6 is 15.6 Å². The molecule has 0 radical (unpaired) electrons. The van der Waals surface area contributed by atoms with Gasteiger partial charge in [0.25, 0.3) is 0 Å². The average Bonchev–Trinajstić information content (AvgIpc) is 2.37. The normalized spacial score (nSPS) is 9.92. The Bertz CT molecular complexity index is 549. The topological polar surface area (TPSA) is 196 Å². The molecule has 8 N–H and O–H groups in total. The molecule has 2 aromatic carbocycles. The molecule has 10 nitrogen and oxygen atoms in total. The lowest BCUT2D eigenvalue weighted by Crippen LogP contribution is -1.66. The fraction of sp³-hybridized carbons (Fsp3) is 0. The monoisotopic (exact) mass is 384 g/mol. The summed E-state index contributed by atoms with van der Waals surface area (Å²) in [5.74, 6) is 0.644. The van der Waals surface area contributed by atoms with E-state index in [0.717, 1.165) is 0 Å². The Morgan fingerprint density at radius 3 is 0.750 bits per heavy atom. The zero-order chi connectivity index (χ0) is 19.2. The van der Waals surface area contributed by atoms with Gasteiger partial charge in [0, 0.05) is 0 Å². The highest BCUT2D eigenvalue weighted by Gasteiger charge is 2.00. The summed E-state index contributed by atoms with van der Waals surface area (Å²) in [6.45, 7) is 0. The van der Waals surface area contributed by atoms with E-state index < -0.39 is 15.6 Å². The molecule has 0 aliphatic heterocycles. The molecule has 2 aromatic rings. The van der Waals surface area contributed by atoms with Gasteiger partial charge in [0.2, 0.25) is 0 Å². The van der Waals surface area contributed by atoms with Crippen LogP contribution < -0.4 is 0 Å². The Labute approximate surface area is 137 Å². The maximum atomic E-state index is 8.88. The minimum absolute atomic E-state index is 0.322. The lowest BCUT2D eigenvalue weighted by molar-refractivity contribution is 0.272. The second-order valence-corrected chi connectivity index (χ2v) is 5.75. The molecular formula is C12H18O10P2. The first-order valence-electron chi connectivity index (χ1n) is 5.83. The summed E-state index contributed by atoms with van der Waals surface area (Å²) in [6, 6.07) is 17.4. The molecular weight excluding hydrogens is 366 g/mol. The molecule has 0 bridgehead atoms. The van der Waals surface area contributed by atoms with E-state index in [1.807, 2.05) is 12.1 Å². The van der Waals surface area contributed by atoms with Crippen LogP contribution in [0.5, 0.6) is 11.5 Å². The molecule has 0 amide bonds. The Hall–Kier alpha value is -1.74. The highest BCUT2D eigenvalue weighted by molar-refractivity contribution is 7.45. The molecule has 0 heterocycles. The number of phosphoric acid groups is 2. The second kappa shape index (κ2) is 12.7. The van der Waals surface area contributed by atoms with E-state index in [4.69, 9.17) is 48.7 Å². The highest BCUT2D eigenvalue weighted by atomic mass is 31.2. The van der Waals surface area contributed by atoms with Crippen molar-refractivity contribution in [3.63, 3.8) is 0 Å². The lowest BCUT2D eigenvalue weighted by Gasteiger charge is -1.82. The average molecular weight is 384 g/mol. The third-order valence-electron chi connectivity index (χ3n) is 1.51. The van der Waals surface area contributed by atoms with E-state index in [9.17, 15) is 0 Å². The predicted octanol–water partition coefficient (Wildman–Crippen LogP) is 0.927. The molecule has 2 rings (SSSR count). The summed E-state index contributed by atoms with van der Waals surface area (Å²) in [5, 5.41) is 17.3. The van der Waals surface area contributed by atoms with E-state index in [1.54, 1.807) is 48.5 Å². The van der Waals surface area contributed by atoms with E-state index >= 15 is 0 Å². The molecule has 136 valence electrons. The minimum Gasteiger partial charge on any atom is -0.508 e. The van der Waals surface area contributed by atoms with Gasteiger partial charge in [-0.2, -0.15) is 0 Å². The number of hydrogen-bond donors (Lipinski definition) is 8. The number of hydrogen-bond acceptors (Lipinski definition) is 4. The van der Waals surface area contributed by atoms with Gasteiger partial charge < -0.3 is 39.6 Å². The zero-order valence-electron chi connectivity index (χ0n) is 12.1. The van der Waals surface area contributed by atoms with Gasteiger partial charge >= 0.3 is 15.6 Å². The predicted molar refractivity (Wildman–Crippen MR) is 84.7 cm³/mol. The van der Waals surface area contributed by atoms with Crippen molar-refractivity contribution in [3.8, 4) is 11.5 Å². The molecule has 0 aliphatic carbocycles. The number of phenolic OH excluding ortho intramolecular Hbond substituents is 2. The smallest absolute Gasteiger partial charge is 0.466 e. The van der Waals surface area contributed by atoms with Gasteiger partial charge in [-0.3, -0.25) is 0 Å². The van der Waals surface area contributed by atoms with Crippen LogP contribution in [0.2, 0.25) is 0 Å². The molecule has 0 saturated heterocycles. The summed E-state index contributed by atoms with van der Waals surface area (Å²) >= 11 is 0. The van der Waals surface area contributed by atoms with Crippen molar-refractivity contribution in [3.05, 3.63) is 60.7 Å². The maximum Gasteiger partial charge on any atom is 0.466 e. The quantitative estimate of drug-likeness (QED) is 0.302. The van der Waals surface area contributed by atoms with Gasteiger partial charge in [-0.25, -0.2) is 9.13 Å². The molecule has 0 unspecified atom stereocenters. The number of aromatic hydroxyl groups is 2. The summed E-state index contributed by atoms with van der Waals surface area (Å²) in [4.78, 5) is 43.1. The second-order valence-electron chi connectivity index (χ2n) is 3.70. The third-order valence-corrected chi connectivity index (χ3v) is 1.51. The van der Waals surface area contributed by atoms with E-state index in [-0.39, 0.29) is 0 Å². The van der Waals surface area contributed by atoms with Crippen LogP contribution in [0.25, 0.3) is 0 Å². The van der Waals surface area contributed by atoms with Crippen LogP contribution in [0.4, 0.5) is 0 Å². The molecule has 0 fully saturated rings. The summed E-state index contributed by atoms with van der Waals surface area (Å²) in [5.41, 5.74) is 0. The Morgan fingerprint density at radius 2 is 0.667 bits per heavy atom. The maximum absolute atomic E-state index is 8.88. The van der Waals surface area contributed by atoms with Crippen molar-refractivity contribution >= 4 is 15.6 Å². The first kappa shape index (κ1) is 24.5. The van der Waals surface area contributed by atoms with Crippen molar-refractivity contribution in [2.24, 2.45) is 0 Å². The van der Waals surface area contributed by atoms with Crippen LogP contribution in [0.15, 0.2) is 60.7 Å². The Morgan fingerprint density at radius 1 is 0.500 bits per heavy atom. The zero-order valence-corrected chi connectivity index (χ0v) is 13.9.